The van der Waals surface area contributed by atoms with Gasteiger partial charge in [-0.05, 0) is 31.3 Å². The zero-order valence-electron chi connectivity index (χ0n) is 14.9. The number of benzene rings is 2. The van der Waals surface area contributed by atoms with Gasteiger partial charge in [-0.25, -0.2) is 0 Å². The molecule has 1 amide bonds. The van der Waals surface area contributed by atoms with E-state index < -0.39 is 0 Å². The van der Waals surface area contributed by atoms with Crippen LogP contribution in [-0.4, -0.2) is 62.6 Å². The van der Waals surface area contributed by atoms with E-state index in [1.807, 2.05) is 54.6 Å². The molecule has 0 saturated carbocycles. The van der Waals surface area contributed by atoms with E-state index in [9.17, 15) is 4.79 Å². The Morgan fingerprint density at radius 1 is 1.00 bits per heavy atom. The highest BCUT2D eigenvalue weighted by Gasteiger charge is 2.23. The highest BCUT2D eigenvalue weighted by molar-refractivity contribution is 6.01. The second-order valence-electron chi connectivity index (χ2n) is 6.35. The molecule has 0 N–H and O–H groups in total. The monoisotopic (exact) mass is 339 g/mol. The van der Waals surface area contributed by atoms with E-state index >= 15 is 0 Å². The molecule has 3 rings (SSSR count). The fraction of sp³-hybridized carbons (Fsp3) is 0.350. The smallest absolute Gasteiger partial charge is 0.245 e. The third kappa shape index (κ3) is 4.38. The average Bonchev–Trinajstić information content (AvgIpc) is 2.65. The summed E-state index contributed by atoms with van der Waals surface area (Å²) in [5.41, 5.74) is 1.69. The van der Waals surface area contributed by atoms with Gasteiger partial charge in [0.2, 0.25) is 5.91 Å². The first kappa shape index (κ1) is 17.5. The van der Waals surface area contributed by atoms with Crippen molar-refractivity contribution in [2.24, 2.45) is 0 Å². The predicted octanol–water partition coefficient (Wildman–Crippen LogP) is 2.61. The minimum absolute atomic E-state index is 0.0732. The number of carbonyl (C=O) groups excluding carboxylic acids is 1. The fourth-order valence-corrected chi connectivity index (χ4v) is 3.03. The molecule has 2 aromatic rings. The van der Waals surface area contributed by atoms with Crippen molar-refractivity contribution >= 4 is 17.3 Å². The van der Waals surface area contributed by atoms with Gasteiger partial charge in [0.15, 0.2) is 0 Å². The van der Waals surface area contributed by atoms with Gasteiger partial charge in [-0.3, -0.25) is 14.6 Å². The van der Waals surface area contributed by atoms with Crippen LogP contribution in [0.4, 0.5) is 11.4 Å². The molecular formula is C20H25N3O2. The SMILES string of the molecule is COc1cccc(N(C(=O)CN2CCN(C)CC2)c2ccccc2)c1. The van der Waals surface area contributed by atoms with Crippen molar-refractivity contribution in [2.45, 2.75) is 0 Å². The number of piperazine rings is 1. The molecule has 0 bridgehead atoms. The van der Waals surface area contributed by atoms with E-state index in [1.165, 1.54) is 0 Å². The van der Waals surface area contributed by atoms with Gasteiger partial charge in [0.25, 0.3) is 0 Å². The molecular weight excluding hydrogens is 314 g/mol. The van der Waals surface area contributed by atoms with Crippen LogP contribution in [0.1, 0.15) is 0 Å². The van der Waals surface area contributed by atoms with Crippen LogP contribution in [-0.2, 0) is 4.79 Å². The van der Waals surface area contributed by atoms with E-state index in [2.05, 4.69) is 16.8 Å². The molecule has 5 heteroatoms. The molecule has 0 atom stereocenters. The molecule has 0 aliphatic carbocycles. The van der Waals surface area contributed by atoms with Crippen molar-refractivity contribution in [3.63, 3.8) is 0 Å². The Kier molecular flexibility index (Phi) is 5.68. The van der Waals surface area contributed by atoms with Gasteiger partial charge in [-0.2, -0.15) is 0 Å². The van der Waals surface area contributed by atoms with Crippen LogP contribution in [0.2, 0.25) is 0 Å². The molecule has 0 radical (unpaired) electrons. The first-order valence-electron chi connectivity index (χ1n) is 8.60. The molecule has 1 fully saturated rings. The van der Waals surface area contributed by atoms with Crippen LogP contribution in [0.3, 0.4) is 0 Å². The summed E-state index contributed by atoms with van der Waals surface area (Å²) in [7, 11) is 3.75. The minimum atomic E-state index is 0.0732. The van der Waals surface area contributed by atoms with Gasteiger partial charge in [0.1, 0.15) is 5.75 Å². The summed E-state index contributed by atoms with van der Waals surface area (Å²) in [5, 5.41) is 0. The number of ether oxygens (including phenoxy) is 1. The topological polar surface area (TPSA) is 36.0 Å². The number of anilines is 2. The van der Waals surface area contributed by atoms with Gasteiger partial charge >= 0.3 is 0 Å². The van der Waals surface area contributed by atoms with Gasteiger partial charge in [-0.15, -0.1) is 0 Å². The fourth-order valence-electron chi connectivity index (χ4n) is 3.03. The Morgan fingerprint density at radius 2 is 1.68 bits per heavy atom. The highest BCUT2D eigenvalue weighted by atomic mass is 16.5. The van der Waals surface area contributed by atoms with Crippen molar-refractivity contribution in [1.82, 2.24) is 9.80 Å². The molecule has 2 aromatic carbocycles. The van der Waals surface area contributed by atoms with Gasteiger partial charge < -0.3 is 9.64 Å². The van der Waals surface area contributed by atoms with Gasteiger partial charge in [0.05, 0.1) is 19.3 Å². The van der Waals surface area contributed by atoms with E-state index in [0.29, 0.717) is 6.54 Å². The maximum Gasteiger partial charge on any atom is 0.245 e. The van der Waals surface area contributed by atoms with Crippen LogP contribution in [0, 0.1) is 0 Å². The number of hydrogen-bond acceptors (Lipinski definition) is 4. The number of nitrogens with zero attached hydrogens (tertiary/aromatic N) is 3. The van der Waals surface area contributed by atoms with Crippen LogP contribution in [0.25, 0.3) is 0 Å². The number of likely N-dealkylation sites (N-methyl/N-ethyl adjacent to an activating group) is 1. The molecule has 0 unspecified atom stereocenters. The Balaban J connectivity index is 1.84. The molecule has 1 aliphatic rings. The van der Waals surface area contributed by atoms with E-state index in [-0.39, 0.29) is 5.91 Å². The quantitative estimate of drug-likeness (QED) is 0.839. The van der Waals surface area contributed by atoms with Crippen LogP contribution < -0.4 is 9.64 Å². The predicted molar refractivity (Wildman–Crippen MR) is 101 cm³/mol. The van der Waals surface area contributed by atoms with Crippen molar-refractivity contribution in [2.75, 3.05) is 51.8 Å². The molecule has 1 saturated heterocycles. The summed E-state index contributed by atoms with van der Waals surface area (Å²) in [6.07, 6.45) is 0. The Labute approximate surface area is 149 Å². The zero-order valence-corrected chi connectivity index (χ0v) is 14.9. The summed E-state index contributed by atoms with van der Waals surface area (Å²) < 4.78 is 5.33. The van der Waals surface area contributed by atoms with E-state index in [1.54, 1.807) is 12.0 Å². The number of rotatable bonds is 5. The maximum absolute atomic E-state index is 13.1. The third-order valence-corrected chi connectivity index (χ3v) is 4.53. The summed E-state index contributed by atoms with van der Waals surface area (Å²) >= 11 is 0. The average molecular weight is 339 g/mol. The second kappa shape index (κ2) is 8.14. The zero-order chi connectivity index (χ0) is 17.6. The number of methoxy groups -OCH3 is 1. The number of para-hydroxylation sites is 1. The lowest BCUT2D eigenvalue weighted by Gasteiger charge is -2.33. The molecule has 25 heavy (non-hydrogen) atoms. The standard InChI is InChI=1S/C20H25N3O2/c1-21-11-13-22(14-12-21)16-20(24)23(17-7-4-3-5-8-17)18-9-6-10-19(15-18)25-2/h3-10,15H,11-14,16H2,1-2H3. The number of carbonyl (C=O) groups is 1. The van der Waals surface area contributed by atoms with E-state index in [4.69, 9.17) is 4.74 Å². The summed E-state index contributed by atoms with van der Waals surface area (Å²) in [6, 6.07) is 17.4. The Bertz CT molecular complexity index is 697. The normalized spacial score (nSPS) is 15.8. The van der Waals surface area contributed by atoms with Gasteiger partial charge in [0, 0.05) is 37.9 Å². The highest BCUT2D eigenvalue weighted by Crippen LogP contribution is 2.28. The molecule has 0 aromatic heterocycles. The molecule has 1 heterocycles. The van der Waals surface area contributed by atoms with Crippen LogP contribution in [0.15, 0.2) is 54.6 Å². The summed E-state index contributed by atoms with van der Waals surface area (Å²) in [6.45, 7) is 4.25. The lowest BCUT2D eigenvalue weighted by molar-refractivity contribution is -0.119. The molecule has 5 nitrogen and oxygen atoms in total. The molecule has 132 valence electrons. The Hall–Kier alpha value is -2.37. The van der Waals surface area contributed by atoms with Crippen LogP contribution >= 0.6 is 0 Å². The van der Waals surface area contributed by atoms with Gasteiger partial charge in [-0.1, -0.05) is 24.3 Å². The van der Waals surface area contributed by atoms with Crippen molar-refractivity contribution < 1.29 is 9.53 Å². The van der Waals surface area contributed by atoms with Crippen molar-refractivity contribution in [1.29, 1.82) is 0 Å². The number of amides is 1. The third-order valence-electron chi connectivity index (χ3n) is 4.53. The molecule has 0 spiro atoms. The first-order chi connectivity index (χ1) is 12.2. The lowest BCUT2D eigenvalue weighted by atomic mass is 10.2. The first-order valence-corrected chi connectivity index (χ1v) is 8.60. The largest absolute Gasteiger partial charge is 0.497 e. The van der Waals surface area contributed by atoms with Crippen molar-refractivity contribution in [3.8, 4) is 5.75 Å². The van der Waals surface area contributed by atoms with Crippen LogP contribution in [0.5, 0.6) is 5.75 Å². The second-order valence-corrected chi connectivity index (χ2v) is 6.35. The summed E-state index contributed by atoms with van der Waals surface area (Å²) in [4.78, 5) is 19.4. The lowest BCUT2D eigenvalue weighted by Crippen LogP contribution is -2.48. The summed E-state index contributed by atoms with van der Waals surface area (Å²) in [5.74, 6) is 0.815. The van der Waals surface area contributed by atoms with Crippen molar-refractivity contribution in [3.05, 3.63) is 54.6 Å². The number of hydrogen-bond donors (Lipinski definition) is 0. The molecule has 1 aliphatic heterocycles. The minimum Gasteiger partial charge on any atom is -0.497 e. The Morgan fingerprint density at radius 3 is 2.36 bits per heavy atom. The maximum atomic E-state index is 13.1. The van der Waals surface area contributed by atoms with E-state index in [0.717, 1.165) is 43.3 Å².